The number of ether oxygens (including phenoxy) is 2. The zero-order chi connectivity index (χ0) is 54.8. The Morgan fingerprint density at radius 3 is 2.12 bits per heavy atom. The molecule has 0 saturated carbocycles. The molecule has 1 unspecified atom stereocenters. The summed E-state index contributed by atoms with van der Waals surface area (Å²) in [6, 6.07) is 21.3. The van der Waals surface area contributed by atoms with Gasteiger partial charge in [0.1, 0.15) is 31.1 Å². The number of imide groups is 2. The Morgan fingerprint density at radius 1 is 0.831 bits per heavy atom. The number of halogens is 5. The first kappa shape index (κ1) is 55.2. The van der Waals surface area contributed by atoms with Crippen molar-refractivity contribution < 1.29 is 51.7 Å². The molecule has 1 spiro atoms. The number of aromatic nitrogens is 2. The number of carboxylic acid groups (broad SMARTS) is 1. The smallest absolute Gasteiger partial charge is 0.489 e. The van der Waals surface area contributed by atoms with E-state index in [4.69, 9.17) is 47.6 Å². The van der Waals surface area contributed by atoms with Gasteiger partial charge in [-0.05, 0) is 123 Å². The van der Waals surface area contributed by atoms with Crippen molar-refractivity contribution >= 4 is 64.4 Å². The molecule has 6 aliphatic heterocycles. The molecule has 1 aromatic heterocycles. The van der Waals surface area contributed by atoms with Gasteiger partial charge in [-0.3, -0.25) is 34.3 Å². The summed E-state index contributed by atoms with van der Waals surface area (Å²) in [6.07, 6.45) is 4.09. The molecule has 17 nitrogen and oxygen atoms in total. The molecule has 5 saturated heterocycles. The quantitative estimate of drug-likeness (QED) is 0.0979. The molecule has 10 rings (SSSR count). The number of alkyl halides is 4. The van der Waals surface area contributed by atoms with Gasteiger partial charge in [-0.2, -0.15) is 18.4 Å². The SMILES string of the molecule is CC(C)(c1ccc(OCc2ccnc(N3CCC4(CC3)CCN(C3CCN(C5CN(c6ccc7c(c6)C(=O)N(C6CCC(=O)NC6=O)C7=O)C5)CC3)CC4)n2)cc1)c1cc(Cl)c(OCCCl)c(C#N)c1.O=C(O)C(F)(F)F. The number of anilines is 2. The van der Waals surface area contributed by atoms with E-state index in [0.717, 1.165) is 104 Å². The van der Waals surface area contributed by atoms with Crippen LogP contribution in [0.5, 0.6) is 11.5 Å². The predicted molar refractivity (Wildman–Crippen MR) is 279 cm³/mol. The number of nitriles is 1. The highest BCUT2D eigenvalue weighted by Crippen LogP contribution is 2.44. The monoisotopic (exact) mass is 1100 g/mol. The van der Waals surface area contributed by atoms with E-state index in [-0.39, 0.29) is 25.4 Å². The van der Waals surface area contributed by atoms with Crippen LogP contribution in [0.15, 0.2) is 66.9 Å². The van der Waals surface area contributed by atoms with Crippen molar-refractivity contribution in [3.63, 3.8) is 0 Å². The summed E-state index contributed by atoms with van der Waals surface area (Å²) in [5.41, 5.74) is 4.64. The standard InChI is InChI=1S/C53H59Cl2N9O6.C2HF3O2/c1-52(2,36-27-34(30-56)47(44(55)28-36)69-26-18-54)35-3-6-41(7-4-35)70-33-37-11-19-57-51(58-37)62-24-16-53(17-25-62)14-22-61(23-15-53)38-12-20-60(21-13-38)40-31-63(32-40)39-5-8-42-43(29-39)50(68)64(49(42)67)45-9-10-46(65)59-48(45)66;3-2(4,5)1(6)7/h3-8,11,19,27-29,38,40,45H,9-10,12-18,20-26,31-33H2,1-2H3,(H,59,65,66);(H,6,7). The molecule has 6 aliphatic rings. The summed E-state index contributed by atoms with van der Waals surface area (Å²) in [7, 11) is 0. The third-order valence-electron chi connectivity index (χ3n) is 16.3. The van der Waals surface area contributed by atoms with Crippen molar-refractivity contribution in [3.8, 4) is 17.6 Å². The normalized spacial score (nSPS) is 20.5. The first-order valence-corrected chi connectivity index (χ1v) is 26.8. The maximum absolute atomic E-state index is 13.4. The number of amides is 4. The van der Waals surface area contributed by atoms with E-state index < -0.39 is 41.3 Å². The predicted octanol–water partition coefficient (Wildman–Crippen LogP) is 7.59. The van der Waals surface area contributed by atoms with Crippen LogP contribution in [-0.2, 0) is 26.4 Å². The molecule has 2 N–H and O–H groups in total. The van der Waals surface area contributed by atoms with E-state index in [9.17, 15) is 37.6 Å². The summed E-state index contributed by atoms with van der Waals surface area (Å²) in [5.74, 6) is -2.53. The van der Waals surface area contributed by atoms with Crippen LogP contribution in [0.25, 0.3) is 0 Å². The largest absolute Gasteiger partial charge is 0.490 e. The maximum Gasteiger partial charge on any atom is 0.490 e. The number of benzene rings is 3. The molecule has 22 heteroatoms. The second-order valence-electron chi connectivity index (χ2n) is 21.1. The Hall–Kier alpha value is -6.53. The lowest BCUT2D eigenvalue weighted by Crippen LogP contribution is -2.62. The van der Waals surface area contributed by atoms with Crippen molar-refractivity contribution in [2.45, 2.75) is 102 Å². The Labute approximate surface area is 454 Å². The zero-order valence-corrected chi connectivity index (χ0v) is 44.3. The fourth-order valence-electron chi connectivity index (χ4n) is 11.4. The lowest BCUT2D eigenvalue weighted by Gasteiger charge is -2.51. The Bertz CT molecular complexity index is 2930. The van der Waals surface area contributed by atoms with E-state index >= 15 is 0 Å². The second-order valence-corrected chi connectivity index (χ2v) is 21.9. The lowest BCUT2D eigenvalue weighted by molar-refractivity contribution is -0.192. The van der Waals surface area contributed by atoms with Crippen LogP contribution < -0.4 is 24.6 Å². The van der Waals surface area contributed by atoms with Gasteiger partial charge < -0.3 is 29.3 Å². The third kappa shape index (κ3) is 12.0. The summed E-state index contributed by atoms with van der Waals surface area (Å²) in [5, 5.41) is 19.6. The number of carbonyl (C=O) groups excluding carboxylic acids is 4. The van der Waals surface area contributed by atoms with E-state index in [0.29, 0.717) is 57.4 Å². The lowest BCUT2D eigenvalue weighted by atomic mass is 9.71. The highest BCUT2D eigenvalue weighted by Gasteiger charge is 2.46. The molecule has 1 atom stereocenters. The van der Waals surface area contributed by atoms with Gasteiger partial charge >= 0.3 is 12.1 Å². The van der Waals surface area contributed by atoms with Gasteiger partial charge in [-0.1, -0.05) is 37.6 Å². The van der Waals surface area contributed by atoms with Crippen LogP contribution in [0.1, 0.15) is 108 Å². The van der Waals surface area contributed by atoms with Gasteiger partial charge in [0.15, 0.2) is 5.75 Å². The molecule has 0 aliphatic carbocycles. The van der Waals surface area contributed by atoms with Gasteiger partial charge in [0, 0.05) is 75.1 Å². The molecular weight excluding hydrogens is 1040 g/mol. The molecule has 77 heavy (non-hydrogen) atoms. The number of piperidine rings is 4. The van der Waals surface area contributed by atoms with E-state index in [2.05, 4.69) is 49.8 Å². The number of nitrogens with one attached hydrogen (secondary N) is 1. The molecule has 3 aromatic carbocycles. The summed E-state index contributed by atoms with van der Waals surface area (Å²) < 4.78 is 43.6. The molecule has 0 bridgehead atoms. The van der Waals surface area contributed by atoms with Crippen molar-refractivity contribution in [2.24, 2.45) is 5.41 Å². The van der Waals surface area contributed by atoms with E-state index in [1.807, 2.05) is 54.7 Å². The third-order valence-corrected chi connectivity index (χ3v) is 16.7. The maximum atomic E-state index is 13.4. The van der Waals surface area contributed by atoms with Crippen LogP contribution in [0, 0.1) is 16.7 Å². The van der Waals surface area contributed by atoms with Crippen LogP contribution in [0.4, 0.5) is 24.8 Å². The summed E-state index contributed by atoms with van der Waals surface area (Å²) >= 11 is 12.4. The molecule has 5 fully saturated rings. The summed E-state index contributed by atoms with van der Waals surface area (Å²) in [6.45, 7) is 12.9. The zero-order valence-electron chi connectivity index (χ0n) is 42.8. The molecule has 0 radical (unpaired) electrons. The number of nitrogens with zero attached hydrogens (tertiary/aromatic N) is 8. The van der Waals surface area contributed by atoms with Gasteiger partial charge in [0.05, 0.1) is 33.3 Å². The minimum Gasteiger partial charge on any atom is -0.489 e. The van der Waals surface area contributed by atoms with Crippen LogP contribution in [0.3, 0.4) is 0 Å². The van der Waals surface area contributed by atoms with Crippen LogP contribution >= 0.6 is 23.2 Å². The molecule has 408 valence electrons. The van der Waals surface area contributed by atoms with Gasteiger partial charge in [-0.15, -0.1) is 11.6 Å². The van der Waals surface area contributed by atoms with Crippen molar-refractivity contribution in [3.05, 3.63) is 105 Å². The minimum atomic E-state index is -5.08. The first-order chi connectivity index (χ1) is 36.8. The number of hydrogen-bond donors (Lipinski definition) is 2. The second kappa shape index (κ2) is 22.8. The fraction of sp³-hybridized carbons (Fsp3) is 0.491. The molecule has 7 heterocycles. The number of carboxylic acids is 1. The van der Waals surface area contributed by atoms with E-state index in [1.165, 1.54) is 25.7 Å². The Balaban J connectivity index is 0.000000967. The number of aliphatic carboxylic acids is 1. The molecule has 4 amide bonds. The average molecular weight is 1100 g/mol. The average Bonchev–Trinajstić information content (AvgIpc) is 3.68. The first-order valence-electron chi connectivity index (χ1n) is 25.9. The summed E-state index contributed by atoms with van der Waals surface area (Å²) in [4.78, 5) is 80.2. The highest BCUT2D eigenvalue weighted by molar-refractivity contribution is 6.32. The minimum absolute atomic E-state index is 0.100. The highest BCUT2D eigenvalue weighted by atomic mass is 35.5. The fourth-order valence-corrected chi connectivity index (χ4v) is 11.8. The van der Waals surface area contributed by atoms with Crippen LogP contribution in [0.2, 0.25) is 5.02 Å². The van der Waals surface area contributed by atoms with Crippen molar-refractivity contribution in [2.75, 3.05) is 74.6 Å². The Morgan fingerprint density at radius 2 is 1.48 bits per heavy atom. The Kier molecular flexibility index (Phi) is 16.4. The molecular formula is C55H60Cl2F3N9O8. The van der Waals surface area contributed by atoms with Crippen molar-refractivity contribution in [1.29, 1.82) is 5.26 Å². The van der Waals surface area contributed by atoms with Gasteiger partial charge in [0.25, 0.3) is 11.8 Å². The topological polar surface area (TPSA) is 202 Å². The molecule has 4 aromatic rings. The van der Waals surface area contributed by atoms with Gasteiger partial charge in [0.2, 0.25) is 17.8 Å². The van der Waals surface area contributed by atoms with Crippen molar-refractivity contribution in [1.82, 2.24) is 30.0 Å². The van der Waals surface area contributed by atoms with Gasteiger partial charge in [-0.25, -0.2) is 14.8 Å². The number of rotatable bonds is 13. The number of hydrogen-bond acceptors (Lipinski definition) is 14. The van der Waals surface area contributed by atoms with Crippen LogP contribution in [-0.4, -0.2) is 149 Å². The number of carbonyl (C=O) groups is 5. The number of likely N-dealkylation sites (tertiary alicyclic amines) is 2. The number of fused-ring (bicyclic) bond motifs is 1. The van der Waals surface area contributed by atoms with E-state index in [1.54, 1.807) is 12.1 Å².